The molecule has 1 N–H and O–H groups in total. The average Bonchev–Trinajstić information content (AvgIpc) is 2.30. The summed E-state index contributed by atoms with van der Waals surface area (Å²) in [4.78, 5) is 2.76. The van der Waals surface area contributed by atoms with Crippen LogP contribution < -0.4 is 5.32 Å². The van der Waals surface area contributed by atoms with Crippen LogP contribution in [0.4, 0.5) is 0 Å². The molecule has 0 unspecified atom stereocenters. The lowest BCUT2D eigenvalue weighted by Crippen LogP contribution is -2.59. The van der Waals surface area contributed by atoms with E-state index < -0.39 is 0 Å². The SMILES string of the molecule is CCCCCN1CCN[C@H]2CCCC[C@H]21. The van der Waals surface area contributed by atoms with Crippen LogP contribution in [0.25, 0.3) is 0 Å². The van der Waals surface area contributed by atoms with Gasteiger partial charge in [0.15, 0.2) is 0 Å². The first-order chi connectivity index (χ1) is 7.42. The van der Waals surface area contributed by atoms with Crippen LogP contribution in [0.5, 0.6) is 0 Å². The van der Waals surface area contributed by atoms with E-state index in [1.807, 2.05) is 0 Å². The van der Waals surface area contributed by atoms with Crippen LogP contribution in [0, 0.1) is 0 Å². The summed E-state index contributed by atoms with van der Waals surface area (Å²) >= 11 is 0. The molecule has 2 aliphatic rings. The minimum Gasteiger partial charge on any atom is -0.311 e. The molecule has 0 spiro atoms. The first kappa shape index (κ1) is 11.4. The minimum absolute atomic E-state index is 0.814. The molecule has 1 aliphatic heterocycles. The lowest BCUT2D eigenvalue weighted by molar-refractivity contribution is 0.0865. The van der Waals surface area contributed by atoms with Gasteiger partial charge in [-0.3, -0.25) is 4.90 Å². The zero-order valence-electron chi connectivity index (χ0n) is 10.2. The molecule has 88 valence electrons. The van der Waals surface area contributed by atoms with Crippen molar-refractivity contribution < 1.29 is 0 Å². The summed E-state index contributed by atoms with van der Waals surface area (Å²) < 4.78 is 0. The van der Waals surface area contributed by atoms with Crippen molar-refractivity contribution in [2.75, 3.05) is 19.6 Å². The number of fused-ring (bicyclic) bond motifs is 1. The molecule has 1 heterocycles. The Kier molecular flexibility index (Phi) is 4.45. The number of nitrogens with one attached hydrogen (secondary N) is 1. The molecular weight excluding hydrogens is 184 g/mol. The van der Waals surface area contributed by atoms with Crippen molar-refractivity contribution in [1.82, 2.24) is 10.2 Å². The molecule has 0 bridgehead atoms. The molecule has 2 rings (SSSR count). The van der Waals surface area contributed by atoms with Gasteiger partial charge in [0.1, 0.15) is 0 Å². The first-order valence-corrected chi connectivity index (χ1v) is 6.89. The van der Waals surface area contributed by atoms with E-state index in [1.54, 1.807) is 0 Å². The smallest absolute Gasteiger partial charge is 0.0249 e. The molecule has 15 heavy (non-hydrogen) atoms. The fourth-order valence-corrected chi connectivity index (χ4v) is 3.19. The maximum absolute atomic E-state index is 3.70. The molecule has 2 atom stereocenters. The molecule has 0 radical (unpaired) electrons. The van der Waals surface area contributed by atoms with Crippen LogP contribution in [-0.4, -0.2) is 36.6 Å². The van der Waals surface area contributed by atoms with E-state index in [1.165, 1.54) is 64.6 Å². The van der Waals surface area contributed by atoms with Gasteiger partial charge in [-0.05, 0) is 25.8 Å². The van der Waals surface area contributed by atoms with Gasteiger partial charge in [0, 0.05) is 25.2 Å². The lowest BCUT2D eigenvalue weighted by Gasteiger charge is -2.44. The summed E-state index contributed by atoms with van der Waals surface area (Å²) in [5.41, 5.74) is 0. The maximum Gasteiger partial charge on any atom is 0.0249 e. The third kappa shape index (κ3) is 2.94. The van der Waals surface area contributed by atoms with Crippen molar-refractivity contribution in [3.05, 3.63) is 0 Å². The van der Waals surface area contributed by atoms with E-state index in [0.717, 1.165) is 12.1 Å². The second kappa shape index (κ2) is 5.86. The normalized spacial score (nSPS) is 32.6. The molecule has 1 saturated carbocycles. The molecule has 2 heteroatoms. The fourth-order valence-electron chi connectivity index (χ4n) is 3.19. The molecular formula is C13H26N2. The standard InChI is InChI=1S/C13H26N2/c1-2-3-6-10-15-11-9-14-12-7-4-5-8-13(12)15/h12-14H,2-11H2,1H3/t12-,13+/m0/s1. The zero-order valence-corrected chi connectivity index (χ0v) is 10.2. The van der Waals surface area contributed by atoms with Crippen LogP contribution in [-0.2, 0) is 0 Å². The Hall–Kier alpha value is -0.0800. The second-order valence-electron chi connectivity index (χ2n) is 5.16. The van der Waals surface area contributed by atoms with Crippen molar-refractivity contribution in [1.29, 1.82) is 0 Å². The molecule has 2 nitrogen and oxygen atoms in total. The largest absolute Gasteiger partial charge is 0.311 e. The highest BCUT2D eigenvalue weighted by molar-refractivity contribution is 4.91. The maximum atomic E-state index is 3.70. The van der Waals surface area contributed by atoms with E-state index in [0.29, 0.717) is 0 Å². The second-order valence-corrected chi connectivity index (χ2v) is 5.16. The summed E-state index contributed by atoms with van der Waals surface area (Å²) in [6.45, 7) is 6.13. The average molecular weight is 210 g/mol. The Labute approximate surface area is 94.4 Å². The van der Waals surface area contributed by atoms with Crippen molar-refractivity contribution in [2.24, 2.45) is 0 Å². The number of hydrogen-bond acceptors (Lipinski definition) is 2. The first-order valence-electron chi connectivity index (χ1n) is 6.89. The Morgan fingerprint density at radius 3 is 2.93 bits per heavy atom. The van der Waals surface area contributed by atoms with Crippen LogP contribution >= 0.6 is 0 Å². The minimum atomic E-state index is 0.814. The van der Waals surface area contributed by atoms with Crippen LogP contribution in [0.3, 0.4) is 0 Å². The highest BCUT2D eigenvalue weighted by Gasteiger charge is 2.32. The summed E-state index contributed by atoms with van der Waals surface area (Å²) in [7, 11) is 0. The molecule has 1 aliphatic carbocycles. The third-order valence-corrected chi connectivity index (χ3v) is 4.05. The molecule has 1 saturated heterocycles. The predicted octanol–water partition coefficient (Wildman–Crippen LogP) is 2.39. The van der Waals surface area contributed by atoms with E-state index in [9.17, 15) is 0 Å². The number of rotatable bonds is 4. The van der Waals surface area contributed by atoms with Crippen molar-refractivity contribution in [3.8, 4) is 0 Å². The molecule has 2 fully saturated rings. The summed E-state index contributed by atoms with van der Waals surface area (Å²) in [5, 5.41) is 3.70. The van der Waals surface area contributed by atoms with E-state index in [2.05, 4.69) is 17.1 Å². The molecule has 0 aromatic heterocycles. The number of unbranched alkanes of at least 4 members (excludes halogenated alkanes) is 2. The summed E-state index contributed by atoms with van der Waals surface area (Å²) in [5.74, 6) is 0. The fraction of sp³-hybridized carbons (Fsp3) is 1.00. The van der Waals surface area contributed by atoms with Gasteiger partial charge in [-0.2, -0.15) is 0 Å². The topological polar surface area (TPSA) is 15.3 Å². The Balaban J connectivity index is 1.81. The van der Waals surface area contributed by atoms with E-state index in [4.69, 9.17) is 0 Å². The van der Waals surface area contributed by atoms with Crippen LogP contribution in [0.15, 0.2) is 0 Å². The van der Waals surface area contributed by atoms with Gasteiger partial charge < -0.3 is 5.32 Å². The zero-order chi connectivity index (χ0) is 10.5. The van der Waals surface area contributed by atoms with Crippen molar-refractivity contribution in [2.45, 2.75) is 64.0 Å². The molecule has 0 aromatic rings. The van der Waals surface area contributed by atoms with Gasteiger partial charge in [0.2, 0.25) is 0 Å². The highest BCUT2D eigenvalue weighted by atomic mass is 15.2. The third-order valence-electron chi connectivity index (χ3n) is 4.05. The Morgan fingerprint density at radius 1 is 1.20 bits per heavy atom. The monoisotopic (exact) mass is 210 g/mol. The quantitative estimate of drug-likeness (QED) is 0.717. The molecule has 0 amide bonds. The van der Waals surface area contributed by atoms with Crippen LogP contribution in [0.1, 0.15) is 51.9 Å². The Morgan fingerprint density at radius 2 is 2.07 bits per heavy atom. The van der Waals surface area contributed by atoms with Crippen molar-refractivity contribution >= 4 is 0 Å². The molecule has 0 aromatic carbocycles. The number of hydrogen-bond donors (Lipinski definition) is 1. The summed E-state index contributed by atoms with van der Waals surface area (Å²) in [6.07, 6.45) is 9.89. The van der Waals surface area contributed by atoms with E-state index >= 15 is 0 Å². The summed E-state index contributed by atoms with van der Waals surface area (Å²) in [6, 6.07) is 1.68. The van der Waals surface area contributed by atoms with Gasteiger partial charge in [-0.25, -0.2) is 0 Å². The predicted molar refractivity (Wildman–Crippen MR) is 65.1 cm³/mol. The van der Waals surface area contributed by atoms with E-state index in [-0.39, 0.29) is 0 Å². The highest BCUT2D eigenvalue weighted by Crippen LogP contribution is 2.25. The van der Waals surface area contributed by atoms with Gasteiger partial charge in [0.05, 0.1) is 0 Å². The van der Waals surface area contributed by atoms with Crippen LogP contribution in [0.2, 0.25) is 0 Å². The van der Waals surface area contributed by atoms with Gasteiger partial charge >= 0.3 is 0 Å². The lowest BCUT2D eigenvalue weighted by atomic mass is 9.87. The van der Waals surface area contributed by atoms with Crippen molar-refractivity contribution in [3.63, 3.8) is 0 Å². The number of nitrogens with zero attached hydrogens (tertiary/aromatic N) is 1. The number of piperazine rings is 1. The Bertz CT molecular complexity index is 179. The van der Waals surface area contributed by atoms with Gasteiger partial charge in [-0.15, -0.1) is 0 Å². The van der Waals surface area contributed by atoms with Gasteiger partial charge in [-0.1, -0.05) is 32.6 Å². The van der Waals surface area contributed by atoms with Gasteiger partial charge in [0.25, 0.3) is 0 Å².